The standard InChI is InChI=1S/C24H29N3O3S/c1-16(2)12-19-8-10-20(11-9-19)18(4)25-22(28)15-31-24-27-26-23(30-24)14-29-21-7-5-6-17(3)13-21/h5-11,13,16,18H,12,14-15H2,1-4H3,(H,25,28). The molecule has 0 radical (unpaired) electrons. The molecule has 0 saturated heterocycles. The lowest BCUT2D eigenvalue weighted by Crippen LogP contribution is -2.28. The van der Waals surface area contributed by atoms with Crippen molar-refractivity contribution >= 4 is 17.7 Å². The molecule has 1 aromatic heterocycles. The number of ether oxygens (including phenoxy) is 1. The van der Waals surface area contributed by atoms with Gasteiger partial charge >= 0.3 is 0 Å². The summed E-state index contributed by atoms with van der Waals surface area (Å²) in [6, 6.07) is 16.1. The highest BCUT2D eigenvalue weighted by Crippen LogP contribution is 2.19. The van der Waals surface area contributed by atoms with Gasteiger partial charge in [0.15, 0.2) is 6.61 Å². The smallest absolute Gasteiger partial charge is 0.277 e. The normalized spacial score (nSPS) is 12.0. The van der Waals surface area contributed by atoms with E-state index in [1.807, 2.05) is 38.1 Å². The minimum absolute atomic E-state index is 0.0674. The number of benzene rings is 2. The van der Waals surface area contributed by atoms with E-state index in [1.165, 1.54) is 17.3 Å². The van der Waals surface area contributed by atoms with E-state index in [4.69, 9.17) is 9.15 Å². The molecule has 1 amide bonds. The zero-order chi connectivity index (χ0) is 22.2. The van der Waals surface area contributed by atoms with Crippen molar-refractivity contribution in [2.75, 3.05) is 5.75 Å². The summed E-state index contributed by atoms with van der Waals surface area (Å²) >= 11 is 1.21. The van der Waals surface area contributed by atoms with Gasteiger partial charge in [-0.1, -0.05) is 62.0 Å². The van der Waals surface area contributed by atoms with Crippen LogP contribution in [0.15, 0.2) is 58.2 Å². The maximum Gasteiger partial charge on any atom is 0.277 e. The minimum atomic E-state index is -0.0838. The third-order valence-corrected chi connectivity index (χ3v) is 5.45. The second-order valence-electron chi connectivity index (χ2n) is 7.98. The van der Waals surface area contributed by atoms with Gasteiger partial charge in [-0.25, -0.2) is 0 Å². The first-order valence-corrected chi connectivity index (χ1v) is 11.4. The van der Waals surface area contributed by atoms with Crippen LogP contribution in [0.4, 0.5) is 0 Å². The Morgan fingerprint density at radius 3 is 2.61 bits per heavy atom. The minimum Gasteiger partial charge on any atom is -0.484 e. The number of hydrogen-bond donors (Lipinski definition) is 1. The summed E-state index contributed by atoms with van der Waals surface area (Å²) in [5, 5.41) is 11.3. The van der Waals surface area contributed by atoms with Gasteiger partial charge < -0.3 is 14.5 Å². The highest BCUT2D eigenvalue weighted by molar-refractivity contribution is 7.99. The van der Waals surface area contributed by atoms with Crippen molar-refractivity contribution in [3.05, 3.63) is 71.1 Å². The molecule has 7 heteroatoms. The van der Waals surface area contributed by atoms with E-state index >= 15 is 0 Å². The van der Waals surface area contributed by atoms with Crippen molar-refractivity contribution < 1.29 is 13.9 Å². The van der Waals surface area contributed by atoms with Gasteiger partial charge in [-0.15, -0.1) is 10.2 Å². The van der Waals surface area contributed by atoms with Crippen molar-refractivity contribution in [2.45, 2.75) is 52.0 Å². The van der Waals surface area contributed by atoms with Gasteiger partial charge in [0.2, 0.25) is 5.91 Å². The molecule has 0 aliphatic rings. The van der Waals surface area contributed by atoms with Crippen LogP contribution in [-0.2, 0) is 17.8 Å². The molecular weight excluding hydrogens is 410 g/mol. The number of rotatable bonds is 10. The third kappa shape index (κ3) is 7.43. The average molecular weight is 440 g/mol. The SMILES string of the molecule is Cc1cccc(OCc2nnc(SCC(=O)NC(C)c3ccc(CC(C)C)cc3)o2)c1. The summed E-state index contributed by atoms with van der Waals surface area (Å²) in [6.45, 7) is 8.58. The zero-order valence-corrected chi connectivity index (χ0v) is 19.2. The van der Waals surface area contributed by atoms with Gasteiger partial charge in [-0.05, 0) is 55.0 Å². The summed E-state index contributed by atoms with van der Waals surface area (Å²) in [5.41, 5.74) is 3.51. The molecule has 1 atom stereocenters. The van der Waals surface area contributed by atoms with Crippen LogP contribution >= 0.6 is 11.8 Å². The van der Waals surface area contributed by atoms with Crippen molar-refractivity contribution in [3.8, 4) is 5.75 Å². The van der Waals surface area contributed by atoms with Gasteiger partial charge in [-0.2, -0.15) is 0 Å². The number of aryl methyl sites for hydroxylation is 1. The number of carbonyl (C=O) groups is 1. The predicted molar refractivity (Wildman–Crippen MR) is 122 cm³/mol. The maximum atomic E-state index is 12.3. The van der Waals surface area contributed by atoms with Crippen LogP contribution < -0.4 is 10.1 Å². The topological polar surface area (TPSA) is 77.2 Å². The Bertz CT molecular complexity index is 986. The fraction of sp³-hybridized carbons (Fsp3) is 0.375. The monoisotopic (exact) mass is 439 g/mol. The van der Waals surface area contributed by atoms with E-state index in [9.17, 15) is 4.79 Å². The molecule has 164 valence electrons. The highest BCUT2D eigenvalue weighted by atomic mass is 32.2. The number of nitrogens with one attached hydrogen (secondary N) is 1. The third-order valence-electron chi connectivity index (χ3n) is 4.63. The van der Waals surface area contributed by atoms with Gasteiger partial charge in [0, 0.05) is 0 Å². The van der Waals surface area contributed by atoms with Crippen LogP contribution in [0.5, 0.6) is 5.75 Å². The Morgan fingerprint density at radius 2 is 1.90 bits per heavy atom. The Balaban J connectivity index is 1.43. The molecule has 1 heterocycles. The largest absolute Gasteiger partial charge is 0.484 e. The van der Waals surface area contributed by atoms with Crippen LogP contribution in [0, 0.1) is 12.8 Å². The Morgan fingerprint density at radius 1 is 1.13 bits per heavy atom. The summed E-state index contributed by atoms with van der Waals surface area (Å²) in [5.74, 6) is 1.87. The van der Waals surface area contributed by atoms with E-state index < -0.39 is 0 Å². The van der Waals surface area contributed by atoms with E-state index in [0.717, 1.165) is 23.3 Å². The molecule has 0 aliphatic heterocycles. The summed E-state index contributed by atoms with van der Waals surface area (Å²) < 4.78 is 11.2. The number of amides is 1. The number of nitrogens with zero attached hydrogens (tertiary/aromatic N) is 2. The highest BCUT2D eigenvalue weighted by Gasteiger charge is 2.13. The fourth-order valence-electron chi connectivity index (χ4n) is 3.11. The predicted octanol–water partition coefficient (Wildman–Crippen LogP) is 5.13. The lowest BCUT2D eigenvalue weighted by Gasteiger charge is -2.15. The number of hydrogen-bond acceptors (Lipinski definition) is 6. The first kappa shape index (κ1) is 22.9. The lowest BCUT2D eigenvalue weighted by molar-refractivity contribution is -0.119. The van der Waals surface area contributed by atoms with Crippen molar-refractivity contribution in [1.82, 2.24) is 15.5 Å². The molecule has 0 bridgehead atoms. The van der Waals surface area contributed by atoms with E-state index in [2.05, 4.69) is 53.6 Å². The van der Waals surface area contributed by atoms with E-state index in [0.29, 0.717) is 17.0 Å². The molecule has 6 nitrogen and oxygen atoms in total. The molecule has 2 aromatic carbocycles. The molecule has 1 N–H and O–H groups in total. The van der Waals surface area contributed by atoms with Crippen LogP contribution in [0.2, 0.25) is 0 Å². The number of carbonyl (C=O) groups excluding carboxylic acids is 1. The molecule has 3 rings (SSSR count). The molecule has 0 fully saturated rings. The Kier molecular flexibility index (Phi) is 8.12. The molecular formula is C24H29N3O3S. The molecule has 31 heavy (non-hydrogen) atoms. The van der Waals surface area contributed by atoms with Crippen molar-refractivity contribution in [3.63, 3.8) is 0 Å². The first-order valence-electron chi connectivity index (χ1n) is 10.4. The summed E-state index contributed by atoms with van der Waals surface area (Å²) in [6.07, 6.45) is 1.06. The van der Waals surface area contributed by atoms with E-state index in [1.54, 1.807) is 0 Å². The van der Waals surface area contributed by atoms with Crippen LogP contribution in [0.1, 0.15) is 49.4 Å². The van der Waals surface area contributed by atoms with Crippen LogP contribution in [0.3, 0.4) is 0 Å². The van der Waals surface area contributed by atoms with Gasteiger partial charge in [-0.3, -0.25) is 4.79 Å². The average Bonchev–Trinajstić information content (AvgIpc) is 3.19. The molecule has 0 spiro atoms. The quantitative estimate of drug-likeness (QED) is 0.442. The van der Waals surface area contributed by atoms with Gasteiger partial charge in [0.25, 0.3) is 11.1 Å². The number of aromatic nitrogens is 2. The van der Waals surface area contributed by atoms with Crippen LogP contribution in [0.25, 0.3) is 0 Å². The second kappa shape index (κ2) is 11.0. The zero-order valence-electron chi connectivity index (χ0n) is 18.4. The number of thioether (sulfide) groups is 1. The lowest BCUT2D eigenvalue weighted by atomic mass is 10.00. The maximum absolute atomic E-state index is 12.3. The van der Waals surface area contributed by atoms with Crippen molar-refractivity contribution in [2.24, 2.45) is 5.92 Å². The second-order valence-corrected chi connectivity index (χ2v) is 8.91. The van der Waals surface area contributed by atoms with Gasteiger partial charge in [0.05, 0.1) is 11.8 Å². The van der Waals surface area contributed by atoms with Crippen molar-refractivity contribution in [1.29, 1.82) is 0 Å². The fourth-order valence-corrected chi connectivity index (χ4v) is 3.70. The molecule has 1 unspecified atom stereocenters. The molecule has 3 aromatic rings. The van der Waals surface area contributed by atoms with E-state index in [-0.39, 0.29) is 24.3 Å². The molecule has 0 saturated carbocycles. The Labute approximate surface area is 187 Å². The summed E-state index contributed by atoms with van der Waals surface area (Å²) in [7, 11) is 0. The van der Waals surface area contributed by atoms with Crippen LogP contribution in [-0.4, -0.2) is 21.9 Å². The first-order chi connectivity index (χ1) is 14.9. The Hall–Kier alpha value is -2.80. The molecule has 0 aliphatic carbocycles. The summed E-state index contributed by atoms with van der Waals surface area (Å²) in [4.78, 5) is 12.3. The van der Waals surface area contributed by atoms with Gasteiger partial charge in [0.1, 0.15) is 5.75 Å².